The quantitative estimate of drug-likeness (QED) is 0.588. The van der Waals surface area contributed by atoms with Gasteiger partial charge in [0.25, 0.3) is 0 Å². The molecule has 0 aromatic heterocycles. The van der Waals surface area contributed by atoms with Crippen molar-refractivity contribution < 1.29 is 24.2 Å². The van der Waals surface area contributed by atoms with E-state index in [0.29, 0.717) is 17.7 Å². The van der Waals surface area contributed by atoms with Gasteiger partial charge in [0, 0.05) is 6.07 Å². The molecule has 1 fully saturated rings. The zero-order valence-corrected chi connectivity index (χ0v) is 16.4. The van der Waals surface area contributed by atoms with Crippen molar-refractivity contribution in [2.45, 2.75) is 44.1 Å². The first-order valence-corrected chi connectivity index (χ1v) is 9.95. The first-order chi connectivity index (χ1) is 14.0. The lowest BCUT2D eigenvalue weighted by molar-refractivity contribution is 0.0135. The largest absolute Gasteiger partial charge is 0.507 e. The van der Waals surface area contributed by atoms with Crippen LogP contribution in [0.4, 0.5) is 0 Å². The predicted molar refractivity (Wildman–Crippen MR) is 110 cm³/mol. The van der Waals surface area contributed by atoms with Gasteiger partial charge in [-0.2, -0.15) is 0 Å². The molecule has 29 heavy (non-hydrogen) atoms. The van der Waals surface area contributed by atoms with Gasteiger partial charge in [-0.05, 0) is 55.5 Å². The molecule has 1 heterocycles. The number of phenolic OH excluding ortho intramolecular Hbond substituents is 1. The zero-order valence-electron chi connectivity index (χ0n) is 16.4. The maximum atomic E-state index is 12.8. The van der Waals surface area contributed by atoms with Crippen LogP contribution < -0.4 is 9.47 Å². The molecule has 2 aromatic rings. The van der Waals surface area contributed by atoms with Crippen molar-refractivity contribution in [2.75, 3.05) is 7.11 Å². The number of hydrogen-bond acceptors (Lipinski definition) is 5. The SMILES string of the molecule is COc1ccc(/C=C/C(=O)c2cc3c(cc2O)OC2(CCCCC2)CC3=O)cc1. The Labute approximate surface area is 170 Å². The van der Waals surface area contributed by atoms with Crippen molar-refractivity contribution in [1.29, 1.82) is 0 Å². The van der Waals surface area contributed by atoms with Crippen LogP contribution in [0.1, 0.15) is 64.8 Å². The minimum Gasteiger partial charge on any atom is -0.507 e. The highest BCUT2D eigenvalue weighted by molar-refractivity contribution is 6.11. The van der Waals surface area contributed by atoms with Crippen LogP contribution in [0.25, 0.3) is 6.08 Å². The zero-order chi connectivity index (χ0) is 20.4. The lowest BCUT2D eigenvalue weighted by Crippen LogP contribution is -2.43. The molecule has 1 spiro atoms. The van der Waals surface area contributed by atoms with Gasteiger partial charge in [-0.3, -0.25) is 9.59 Å². The highest BCUT2D eigenvalue weighted by Crippen LogP contribution is 2.43. The lowest BCUT2D eigenvalue weighted by atomic mass is 9.78. The van der Waals surface area contributed by atoms with Gasteiger partial charge in [-0.15, -0.1) is 0 Å². The van der Waals surface area contributed by atoms with Gasteiger partial charge >= 0.3 is 0 Å². The molecule has 1 N–H and O–H groups in total. The summed E-state index contributed by atoms with van der Waals surface area (Å²) in [5.74, 6) is 0.549. The van der Waals surface area contributed by atoms with Gasteiger partial charge in [-0.25, -0.2) is 0 Å². The van der Waals surface area contributed by atoms with E-state index in [-0.39, 0.29) is 22.9 Å². The van der Waals surface area contributed by atoms with Crippen molar-refractivity contribution in [3.8, 4) is 17.2 Å². The summed E-state index contributed by atoms with van der Waals surface area (Å²) in [5, 5.41) is 10.4. The standard InChI is InChI=1S/C24H24O5/c1-28-17-8-5-16(6-9-17)7-10-20(25)18-13-19-22(27)15-24(11-3-2-4-12-24)29-23(19)14-21(18)26/h5-10,13-14,26H,2-4,11-12,15H2,1H3/b10-7+. The molecule has 0 saturated heterocycles. The van der Waals surface area contributed by atoms with E-state index in [1.54, 1.807) is 25.3 Å². The molecule has 150 valence electrons. The van der Waals surface area contributed by atoms with Crippen molar-refractivity contribution in [2.24, 2.45) is 0 Å². The molecule has 5 nitrogen and oxygen atoms in total. The van der Waals surface area contributed by atoms with E-state index in [1.807, 2.05) is 12.1 Å². The number of phenols is 1. The van der Waals surface area contributed by atoms with Gasteiger partial charge in [0.2, 0.25) is 0 Å². The Kier molecular flexibility index (Phi) is 5.14. The summed E-state index contributed by atoms with van der Waals surface area (Å²) in [6, 6.07) is 10.1. The first kappa shape index (κ1) is 19.2. The van der Waals surface area contributed by atoms with E-state index in [2.05, 4.69) is 0 Å². The fourth-order valence-corrected chi connectivity index (χ4v) is 4.18. The summed E-state index contributed by atoms with van der Waals surface area (Å²) < 4.78 is 11.3. The van der Waals surface area contributed by atoms with E-state index in [1.165, 1.54) is 18.2 Å². The van der Waals surface area contributed by atoms with Crippen LogP contribution in [0.3, 0.4) is 0 Å². The second-order valence-electron chi connectivity index (χ2n) is 7.78. The molecule has 0 amide bonds. The average Bonchev–Trinajstić information content (AvgIpc) is 2.72. The number of carbonyl (C=O) groups is 2. The van der Waals surface area contributed by atoms with Crippen molar-refractivity contribution in [3.63, 3.8) is 0 Å². The molecule has 0 radical (unpaired) electrons. The van der Waals surface area contributed by atoms with E-state index in [0.717, 1.165) is 43.4 Å². The molecule has 0 atom stereocenters. The highest BCUT2D eigenvalue weighted by atomic mass is 16.5. The first-order valence-electron chi connectivity index (χ1n) is 9.95. The molecule has 2 aliphatic rings. The minimum atomic E-state index is -0.450. The number of Topliss-reactive ketones (excluding diaryl/α,β-unsaturated/α-hetero) is 1. The summed E-state index contributed by atoms with van der Waals surface area (Å²) in [7, 11) is 1.59. The van der Waals surface area contributed by atoms with Gasteiger partial charge in [-0.1, -0.05) is 24.6 Å². The molecule has 5 heteroatoms. The van der Waals surface area contributed by atoms with Crippen LogP contribution >= 0.6 is 0 Å². The third-order valence-corrected chi connectivity index (χ3v) is 5.78. The van der Waals surface area contributed by atoms with Crippen LogP contribution in [-0.4, -0.2) is 29.4 Å². The molecule has 4 rings (SSSR count). The molecule has 1 aliphatic carbocycles. The molecule has 0 unspecified atom stereocenters. The lowest BCUT2D eigenvalue weighted by Gasteiger charge is -2.40. The van der Waals surface area contributed by atoms with Crippen LogP contribution in [0.2, 0.25) is 0 Å². The van der Waals surface area contributed by atoms with E-state index < -0.39 is 5.60 Å². The summed E-state index contributed by atoms with van der Waals surface area (Å²) in [5.41, 5.74) is 0.856. The maximum Gasteiger partial charge on any atom is 0.189 e. The highest BCUT2D eigenvalue weighted by Gasteiger charge is 2.41. The Balaban J connectivity index is 1.57. The normalized spacial score (nSPS) is 17.8. The van der Waals surface area contributed by atoms with Crippen molar-refractivity contribution >= 4 is 17.6 Å². The third-order valence-electron chi connectivity index (χ3n) is 5.78. The minimum absolute atomic E-state index is 0.0265. The number of methoxy groups -OCH3 is 1. The Morgan fingerprint density at radius 1 is 1.14 bits per heavy atom. The number of benzene rings is 2. The Hall–Kier alpha value is -3.08. The number of allylic oxidation sites excluding steroid dienone is 1. The number of hydrogen-bond donors (Lipinski definition) is 1. The summed E-state index contributed by atoms with van der Waals surface area (Å²) in [6.07, 6.45) is 8.33. The number of fused-ring (bicyclic) bond motifs is 1. The molecule has 0 bridgehead atoms. The fourth-order valence-electron chi connectivity index (χ4n) is 4.18. The molecular formula is C24H24O5. The average molecular weight is 392 g/mol. The van der Waals surface area contributed by atoms with Crippen LogP contribution in [0, 0.1) is 0 Å². The monoisotopic (exact) mass is 392 g/mol. The summed E-state index contributed by atoms with van der Waals surface area (Å²) in [6.45, 7) is 0. The fraction of sp³-hybridized carbons (Fsp3) is 0.333. The van der Waals surface area contributed by atoms with Gasteiger partial charge < -0.3 is 14.6 Å². The number of ether oxygens (including phenoxy) is 2. The topological polar surface area (TPSA) is 72.8 Å². The van der Waals surface area contributed by atoms with Gasteiger partial charge in [0.15, 0.2) is 11.6 Å². The summed E-state index contributed by atoms with van der Waals surface area (Å²) >= 11 is 0. The molecule has 2 aromatic carbocycles. The van der Waals surface area contributed by atoms with Crippen molar-refractivity contribution in [3.05, 3.63) is 59.2 Å². The Morgan fingerprint density at radius 2 is 1.86 bits per heavy atom. The van der Waals surface area contributed by atoms with Crippen LogP contribution in [0.15, 0.2) is 42.5 Å². The number of carbonyl (C=O) groups excluding carboxylic acids is 2. The second kappa shape index (κ2) is 7.74. The van der Waals surface area contributed by atoms with Gasteiger partial charge in [0.1, 0.15) is 22.8 Å². The number of ketones is 2. The van der Waals surface area contributed by atoms with Gasteiger partial charge in [0.05, 0.1) is 24.7 Å². The van der Waals surface area contributed by atoms with Crippen LogP contribution in [-0.2, 0) is 0 Å². The predicted octanol–water partition coefficient (Wildman–Crippen LogP) is 4.97. The molecule has 1 saturated carbocycles. The molecule has 1 aliphatic heterocycles. The number of aromatic hydroxyl groups is 1. The van der Waals surface area contributed by atoms with E-state index in [4.69, 9.17) is 9.47 Å². The maximum absolute atomic E-state index is 12.8. The summed E-state index contributed by atoms with van der Waals surface area (Å²) in [4.78, 5) is 25.4. The van der Waals surface area contributed by atoms with E-state index >= 15 is 0 Å². The van der Waals surface area contributed by atoms with E-state index in [9.17, 15) is 14.7 Å². The second-order valence-corrected chi connectivity index (χ2v) is 7.78. The van der Waals surface area contributed by atoms with Crippen molar-refractivity contribution in [1.82, 2.24) is 0 Å². The smallest absolute Gasteiger partial charge is 0.189 e. The Bertz CT molecular complexity index is 966. The Morgan fingerprint density at radius 3 is 2.55 bits per heavy atom. The number of rotatable bonds is 4. The molecular weight excluding hydrogens is 368 g/mol. The van der Waals surface area contributed by atoms with Crippen LogP contribution in [0.5, 0.6) is 17.2 Å². The third kappa shape index (κ3) is 3.90.